The van der Waals surface area contributed by atoms with Gasteiger partial charge in [-0.2, -0.15) is 0 Å². The monoisotopic (exact) mass is 200 g/mol. The van der Waals surface area contributed by atoms with Crippen LogP contribution in [-0.4, -0.2) is 52.3 Å². The predicted molar refractivity (Wildman–Crippen MR) is 42.4 cm³/mol. The molecule has 12 heavy (non-hydrogen) atoms. The van der Waals surface area contributed by atoms with E-state index in [1.165, 1.54) is 0 Å². The topological polar surface area (TPSA) is 107 Å². The van der Waals surface area contributed by atoms with Crippen LogP contribution in [0, 0.1) is 0 Å². The second-order valence-electron chi connectivity index (χ2n) is 2.63. The molecule has 4 N–H and O–H groups in total. The van der Waals surface area contributed by atoms with Crippen molar-refractivity contribution >= 4 is 13.3 Å². The predicted octanol–water partition coefficient (Wildman–Crippen LogP) is -1.57. The van der Waals surface area contributed by atoms with Gasteiger partial charge in [0.25, 0.3) is 0 Å². The molecule has 74 valence electrons. The van der Waals surface area contributed by atoms with Gasteiger partial charge < -0.3 is 0 Å². The Bertz CT molecular complexity index is 133. The van der Waals surface area contributed by atoms with E-state index in [0.717, 1.165) is 0 Å². The molecule has 0 radical (unpaired) electrons. The van der Waals surface area contributed by atoms with Crippen molar-refractivity contribution in [1.82, 2.24) is 0 Å². The normalized spacial score (nSPS) is 14.8. The molecule has 0 saturated heterocycles. The standard InChI is InChI=1S/C5H13O6P/c6-1-11-12(2-7,3-8,4-9)5-10/h1,7-10H,2-5H2. The summed E-state index contributed by atoms with van der Waals surface area (Å²) in [7, 11) is 0. The van der Waals surface area contributed by atoms with Gasteiger partial charge in [0, 0.05) is 0 Å². The van der Waals surface area contributed by atoms with Crippen LogP contribution in [0.15, 0.2) is 0 Å². The first-order valence-electron chi connectivity index (χ1n) is 3.18. The van der Waals surface area contributed by atoms with E-state index in [0.29, 0.717) is 0 Å². The Balaban J connectivity index is 4.82. The molecule has 0 fully saturated rings. The molecule has 0 aromatic heterocycles. The van der Waals surface area contributed by atoms with Gasteiger partial charge in [-0.1, -0.05) is 0 Å². The first-order valence-corrected chi connectivity index (χ1v) is 6.08. The molecule has 0 aliphatic carbocycles. The van der Waals surface area contributed by atoms with Gasteiger partial charge >= 0.3 is 68.4 Å². The fourth-order valence-corrected chi connectivity index (χ4v) is 1.57. The summed E-state index contributed by atoms with van der Waals surface area (Å²) in [5, 5.41) is 35.4. The Hall–Kier alpha value is -0.260. The average molecular weight is 200 g/mol. The molecule has 0 rings (SSSR count). The molecule has 7 heteroatoms. The fraction of sp³-hybridized carbons (Fsp3) is 0.800. The van der Waals surface area contributed by atoms with Crippen LogP contribution in [0.2, 0.25) is 0 Å². The van der Waals surface area contributed by atoms with Crippen LogP contribution < -0.4 is 0 Å². The Kier molecular flexibility index (Phi) is 4.02. The van der Waals surface area contributed by atoms with Gasteiger partial charge in [0.1, 0.15) is 0 Å². The number of hydrogen-bond acceptors (Lipinski definition) is 6. The Morgan fingerprint density at radius 3 is 1.42 bits per heavy atom. The second-order valence-corrected chi connectivity index (χ2v) is 7.68. The van der Waals surface area contributed by atoms with Crippen molar-refractivity contribution in [3.05, 3.63) is 0 Å². The van der Waals surface area contributed by atoms with Gasteiger partial charge in [-0.15, -0.1) is 0 Å². The molecular weight excluding hydrogens is 187 g/mol. The van der Waals surface area contributed by atoms with E-state index in [-0.39, 0.29) is 6.47 Å². The molecule has 0 spiro atoms. The Labute approximate surface area is 69.4 Å². The maximum absolute atomic E-state index is 10.0. The SMILES string of the molecule is O=COP(CO)(CO)(CO)CO. The summed E-state index contributed by atoms with van der Waals surface area (Å²) < 4.78 is 4.46. The first-order chi connectivity index (χ1) is 5.62. The molecule has 0 bridgehead atoms. The van der Waals surface area contributed by atoms with E-state index in [2.05, 4.69) is 4.52 Å². The molecule has 0 heterocycles. The molecular formula is C5H13O6P. The summed E-state index contributed by atoms with van der Waals surface area (Å²) >= 11 is 0. The zero-order valence-corrected chi connectivity index (χ0v) is 7.35. The van der Waals surface area contributed by atoms with Crippen LogP contribution in [0.25, 0.3) is 0 Å². The van der Waals surface area contributed by atoms with Crippen LogP contribution in [0.4, 0.5) is 0 Å². The number of carbonyl (C=O) groups is 1. The summed E-state index contributed by atoms with van der Waals surface area (Å²) in [6.07, 6.45) is -2.91. The molecule has 6 nitrogen and oxygen atoms in total. The third kappa shape index (κ3) is 1.73. The third-order valence-electron chi connectivity index (χ3n) is 1.77. The number of aliphatic hydroxyl groups excluding tert-OH is 4. The van der Waals surface area contributed by atoms with Crippen molar-refractivity contribution in [2.24, 2.45) is 0 Å². The minimum absolute atomic E-state index is 0.0106. The van der Waals surface area contributed by atoms with E-state index in [1.807, 2.05) is 0 Å². The van der Waals surface area contributed by atoms with Crippen molar-refractivity contribution in [3.63, 3.8) is 0 Å². The Morgan fingerprint density at radius 2 is 1.33 bits per heavy atom. The van der Waals surface area contributed by atoms with Crippen molar-refractivity contribution in [2.45, 2.75) is 0 Å². The summed E-state index contributed by atoms with van der Waals surface area (Å²) in [4.78, 5) is 10.0. The van der Waals surface area contributed by atoms with Gasteiger partial charge in [-0.05, 0) is 0 Å². The molecule has 0 unspecified atom stereocenters. The van der Waals surface area contributed by atoms with Crippen molar-refractivity contribution in [2.75, 3.05) is 25.4 Å². The maximum atomic E-state index is 10.0. The zero-order valence-electron chi connectivity index (χ0n) is 6.46. The fourth-order valence-electron chi connectivity index (χ4n) is 0.523. The van der Waals surface area contributed by atoms with E-state index in [4.69, 9.17) is 20.4 Å². The average Bonchev–Trinajstić information content (AvgIpc) is 2.16. The van der Waals surface area contributed by atoms with Gasteiger partial charge in [0.05, 0.1) is 0 Å². The van der Waals surface area contributed by atoms with Crippen LogP contribution >= 0.6 is 6.83 Å². The molecule has 0 amide bonds. The van der Waals surface area contributed by atoms with E-state index >= 15 is 0 Å². The van der Waals surface area contributed by atoms with Crippen molar-refractivity contribution < 1.29 is 29.7 Å². The van der Waals surface area contributed by atoms with Gasteiger partial charge in [-0.3, -0.25) is 0 Å². The van der Waals surface area contributed by atoms with Crippen molar-refractivity contribution in [3.8, 4) is 0 Å². The summed E-state index contributed by atoms with van der Waals surface area (Å²) in [6, 6.07) is 0. The molecule has 0 aromatic rings. The molecule has 0 saturated carbocycles. The first kappa shape index (κ1) is 11.7. The quantitative estimate of drug-likeness (QED) is 0.304. The molecule has 0 aromatic carbocycles. The van der Waals surface area contributed by atoms with Gasteiger partial charge in [-0.25, -0.2) is 0 Å². The van der Waals surface area contributed by atoms with Crippen LogP contribution in [0.5, 0.6) is 0 Å². The number of hydrogen-bond donors (Lipinski definition) is 4. The number of rotatable bonds is 6. The second kappa shape index (κ2) is 4.11. The van der Waals surface area contributed by atoms with Gasteiger partial charge in [0.15, 0.2) is 0 Å². The molecule has 0 atom stereocenters. The van der Waals surface area contributed by atoms with Crippen LogP contribution in [0.3, 0.4) is 0 Å². The van der Waals surface area contributed by atoms with E-state index in [1.54, 1.807) is 0 Å². The number of carbonyl (C=O) groups excluding carboxylic acids is 1. The molecule has 0 aliphatic heterocycles. The third-order valence-corrected chi connectivity index (χ3v) is 5.32. The van der Waals surface area contributed by atoms with Crippen LogP contribution in [-0.2, 0) is 9.32 Å². The van der Waals surface area contributed by atoms with E-state index < -0.39 is 32.2 Å². The van der Waals surface area contributed by atoms with Crippen LogP contribution in [0.1, 0.15) is 0 Å². The summed E-state index contributed by atoms with van der Waals surface area (Å²) in [5.41, 5.74) is 0. The molecule has 0 aliphatic rings. The summed E-state index contributed by atoms with van der Waals surface area (Å²) in [5.74, 6) is 0. The summed E-state index contributed by atoms with van der Waals surface area (Å²) in [6.45, 7) is -3.84. The van der Waals surface area contributed by atoms with Crippen molar-refractivity contribution in [1.29, 1.82) is 0 Å². The van der Waals surface area contributed by atoms with E-state index in [9.17, 15) is 4.79 Å². The number of aliphatic hydroxyl groups is 4. The minimum atomic E-state index is -3.85. The zero-order chi connectivity index (χ0) is 9.69. The Morgan fingerprint density at radius 1 is 1.00 bits per heavy atom. The van der Waals surface area contributed by atoms with Gasteiger partial charge in [0.2, 0.25) is 0 Å².